The van der Waals surface area contributed by atoms with E-state index in [0.717, 1.165) is 0 Å². The molecule has 0 saturated carbocycles. The van der Waals surface area contributed by atoms with Crippen LogP contribution in [0.1, 0.15) is 34.1 Å². The van der Waals surface area contributed by atoms with Crippen LogP contribution in [0, 0.1) is 0 Å². The smallest absolute Gasteiger partial charge is 0.170 e. The van der Waals surface area contributed by atoms with E-state index in [1.807, 2.05) is 0 Å². The summed E-state index contributed by atoms with van der Waals surface area (Å²) in [5.74, 6) is -0.285. The topological polar surface area (TPSA) is 68.3 Å². The molecule has 0 atom stereocenters. The molecule has 0 spiro atoms. The first-order valence-electron chi connectivity index (χ1n) is 4.63. The molecule has 0 aliphatic heterocycles. The Hall–Kier alpha value is 0.640. The van der Waals surface area contributed by atoms with Gasteiger partial charge in [0.05, 0.1) is 0 Å². The minimum Gasteiger partial charge on any atom is -0.227 e. The summed E-state index contributed by atoms with van der Waals surface area (Å²) in [5.41, 5.74) is 0. The van der Waals surface area contributed by atoms with Crippen molar-refractivity contribution in [1.29, 1.82) is 0 Å². The summed E-state index contributed by atoms with van der Waals surface area (Å²) in [6.07, 6.45) is 0.0966. The van der Waals surface area contributed by atoms with Crippen LogP contribution in [0.15, 0.2) is 0 Å². The fourth-order valence-electron chi connectivity index (χ4n) is 1.24. The molecule has 0 heterocycles. The van der Waals surface area contributed by atoms with Crippen LogP contribution >= 0.6 is 0 Å². The van der Waals surface area contributed by atoms with Crippen molar-refractivity contribution < 1.29 is 39.2 Å². The SMILES string of the molecule is CCC(C)(S(=O)(=O)CC)S(=O)(=O)CC.[Ag]. The van der Waals surface area contributed by atoms with Crippen molar-refractivity contribution in [3.8, 4) is 0 Å². The Kier molecular flexibility index (Phi) is 6.99. The van der Waals surface area contributed by atoms with Gasteiger partial charge in [-0.25, -0.2) is 16.8 Å². The van der Waals surface area contributed by atoms with Gasteiger partial charge in [0, 0.05) is 33.9 Å². The van der Waals surface area contributed by atoms with Crippen LogP contribution in [-0.2, 0) is 42.1 Å². The Balaban J connectivity index is 0. The van der Waals surface area contributed by atoms with Gasteiger partial charge < -0.3 is 0 Å². The predicted octanol–water partition coefficient (Wildman–Crippen LogP) is 0.980. The maximum Gasteiger partial charge on any atom is 0.170 e. The summed E-state index contributed by atoms with van der Waals surface area (Å²) in [6.45, 7) is 5.81. The van der Waals surface area contributed by atoms with Crippen molar-refractivity contribution in [2.24, 2.45) is 0 Å². The zero-order valence-electron chi connectivity index (χ0n) is 9.37. The molecular formula is C8H18AgO4S2. The molecule has 0 aromatic heterocycles. The molecule has 0 aliphatic carbocycles. The normalized spacial score (nSPS) is 13.3. The van der Waals surface area contributed by atoms with E-state index in [1.165, 1.54) is 20.8 Å². The number of sulfone groups is 2. The molecule has 97 valence electrons. The van der Waals surface area contributed by atoms with Gasteiger partial charge in [0.15, 0.2) is 23.8 Å². The molecule has 0 aromatic carbocycles. The summed E-state index contributed by atoms with van der Waals surface area (Å²) in [7, 11) is -7.14. The molecule has 4 nitrogen and oxygen atoms in total. The van der Waals surface area contributed by atoms with E-state index in [1.54, 1.807) is 6.92 Å². The van der Waals surface area contributed by atoms with Gasteiger partial charge in [0.1, 0.15) is 0 Å². The Morgan fingerprint density at radius 3 is 1.27 bits per heavy atom. The Morgan fingerprint density at radius 1 is 0.867 bits per heavy atom. The van der Waals surface area contributed by atoms with E-state index in [0.29, 0.717) is 0 Å². The van der Waals surface area contributed by atoms with Gasteiger partial charge in [-0.2, -0.15) is 0 Å². The average molecular weight is 350 g/mol. The first-order valence-corrected chi connectivity index (χ1v) is 7.93. The van der Waals surface area contributed by atoms with Gasteiger partial charge in [0.25, 0.3) is 0 Å². The van der Waals surface area contributed by atoms with Gasteiger partial charge in [0.2, 0.25) is 0 Å². The third kappa shape index (κ3) is 3.06. The van der Waals surface area contributed by atoms with E-state index < -0.39 is 23.8 Å². The van der Waals surface area contributed by atoms with E-state index in [2.05, 4.69) is 0 Å². The molecule has 0 rings (SSSR count). The van der Waals surface area contributed by atoms with E-state index in [4.69, 9.17) is 0 Å². The standard InChI is InChI=1S/C8H18O4S2.Ag/c1-5-8(4,13(9,10)6-2)14(11,12)7-3;/h5-7H2,1-4H3;. The summed E-state index contributed by atoms with van der Waals surface area (Å²) in [5, 5.41) is 0. The zero-order valence-corrected chi connectivity index (χ0v) is 12.5. The van der Waals surface area contributed by atoms with Crippen LogP contribution in [0.25, 0.3) is 0 Å². The summed E-state index contributed by atoms with van der Waals surface area (Å²) < 4.78 is 45.1. The molecule has 0 saturated heterocycles. The zero-order chi connectivity index (χ0) is 11.6. The maximum absolute atomic E-state index is 11.7. The van der Waals surface area contributed by atoms with Gasteiger partial charge in [-0.3, -0.25) is 0 Å². The third-order valence-electron chi connectivity index (χ3n) is 2.72. The van der Waals surface area contributed by atoms with E-state index in [9.17, 15) is 16.8 Å². The number of hydrogen-bond acceptors (Lipinski definition) is 4. The van der Waals surface area contributed by atoms with Crippen LogP contribution < -0.4 is 0 Å². The molecule has 0 amide bonds. The van der Waals surface area contributed by atoms with Gasteiger partial charge in [-0.1, -0.05) is 20.8 Å². The largest absolute Gasteiger partial charge is 0.227 e. The van der Waals surface area contributed by atoms with E-state index in [-0.39, 0.29) is 40.3 Å². The van der Waals surface area contributed by atoms with Crippen LogP contribution in [0.3, 0.4) is 0 Å². The molecule has 15 heavy (non-hydrogen) atoms. The second kappa shape index (κ2) is 5.82. The fraction of sp³-hybridized carbons (Fsp3) is 1.00. The summed E-state index contributed by atoms with van der Waals surface area (Å²) >= 11 is 0. The number of hydrogen-bond donors (Lipinski definition) is 0. The Morgan fingerprint density at radius 2 is 1.13 bits per heavy atom. The molecule has 0 unspecified atom stereocenters. The second-order valence-corrected chi connectivity index (χ2v) is 8.97. The molecule has 7 heteroatoms. The first kappa shape index (κ1) is 18.0. The maximum atomic E-state index is 11.7. The average Bonchev–Trinajstić information content (AvgIpc) is 2.15. The van der Waals surface area contributed by atoms with Crippen LogP contribution in [-0.4, -0.2) is 32.4 Å². The Labute approximate surface area is 108 Å². The molecule has 0 bridgehead atoms. The van der Waals surface area contributed by atoms with Crippen molar-refractivity contribution in [3.63, 3.8) is 0 Å². The van der Waals surface area contributed by atoms with Crippen LogP contribution in [0.2, 0.25) is 0 Å². The molecule has 0 aromatic rings. The third-order valence-corrected chi connectivity index (χ3v) is 8.97. The minimum absolute atomic E-state index is 0. The summed E-state index contributed by atoms with van der Waals surface area (Å²) in [6, 6.07) is 0. The Bertz CT molecular complexity index is 349. The minimum atomic E-state index is -3.57. The van der Waals surface area contributed by atoms with Crippen molar-refractivity contribution in [3.05, 3.63) is 0 Å². The van der Waals surface area contributed by atoms with Crippen molar-refractivity contribution in [1.82, 2.24) is 0 Å². The quantitative estimate of drug-likeness (QED) is 0.694. The molecule has 0 fully saturated rings. The van der Waals surface area contributed by atoms with E-state index >= 15 is 0 Å². The molecule has 1 radical (unpaired) electrons. The fourth-order valence-corrected chi connectivity index (χ4v) is 5.60. The summed E-state index contributed by atoms with van der Waals surface area (Å²) in [4.78, 5) is 0. The van der Waals surface area contributed by atoms with Crippen LogP contribution in [0.4, 0.5) is 0 Å². The van der Waals surface area contributed by atoms with Gasteiger partial charge >= 0.3 is 0 Å². The second-order valence-electron chi connectivity index (χ2n) is 3.29. The first-order chi connectivity index (χ1) is 6.18. The number of rotatable bonds is 5. The predicted molar refractivity (Wildman–Crippen MR) is 57.6 cm³/mol. The molecular weight excluding hydrogens is 332 g/mol. The molecule has 0 aliphatic rings. The van der Waals surface area contributed by atoms with Gasteiger partial charge in [-0.05, 0) is 13.3 Å². The van der Waals surface area contributed by atoms with Crippen molar-refractivity contribution in [2.45, 2.75) is 38.2 Å². The molecule has 0 N–H and O–H groups in total. The van der Waals surface area contributed by atoms with Crippen molar-refractivity contribution in [2.75, 3.05) is 11.5 Å². The van der Waals surface area contributed by atoms with Crippen molar-refractivity contribution >= 4 is 19.7 Å². The van der Waals surface area contributed by atoms with Crippen LogP contribution in [0.5, 0.6) is 0 Å². The monoisotopic (exact) mass is 349 g/mol. The van der Waals surface area contributed by atoms with Gasteiger partial charge in [-0.15, -0.1) is 0 Å².